The summed E-state index contributed by atoms with van der Waals surface area (Å²) in [6.07, 6.45) is 1.40. The van der Waals surface area contributed by atoms with Crippen LogP contribution < -0.4 is 10.9 Å². The number of hydrogen-bond acceptors (Lipinski definition) is 7. The third kappa shape index (κ3) is 4.13. The number of rotatable bonds is 5. The Kier molecular flexibility index (Phi) is 6.17. The highest BCUT2D eigenvalue weighted by atomic mass is 35.5. The first-order chi connectivity index (χ1) is 14.3. The van der Waals surface area contributed by atoms with Crippen molar-refractivity contribution in [3.63, 3.8) is 0 Å². The molecule has 0 aliphatic rings. The van der Waals surface area contributed by atoms with Gasteiger partial charge in [-0.2, -0.15) is 0 Å². The summed E-state index contributed by atoms with van der Waals surface area (Å²) in [7, 11) is 1.66. The van der Waals surface area contributed by atoms with Gasteiger partial charge in [0.1, 0.15) is 4.83 Å². The predicted octanol–water partition coefficient (Wildman–Crippen LogP) is 5.54. The Morgan fingerprint density at radius 2 is 2.13 bits per heavy atom. The van der Waals surface area contributed by atoms with E-state index in [-0.39, 0.29) is 22.3 Å². The van der Waals surface area contributed by atoms with Gasteiger partial charge in [0.15, 0.2) is 11.0 Å². The van der Waals surface area contributed by atoms with Gasteiger partial charge in [-0.3, -0.25) is 14.2 Å². The fourth-order valence-electron chi connectivity index (χ4n) is 2.71. The molecular weight excluding hydrogens is 483 g/mol. The van der Waals surface area contributed by atoms with E-state index in [1.54, 1.807) is 25.3 Å². The van der Waals surface area contributed by atoms with Crippen LogP contribution in [-0.4, -0.2) is 25.7 Å². The van der Waals surface area contributed by atoms with Crippen molar-refractivity contribution in [2.45, 2.75) is 17.3 Å². The van der Waals surface area contributed by atoms with Crippen LogP contribution in [0.25, 0.3) is 20.7 Å². The first-order valence-electron chi connectivity index (χ1n) is 8.66. The van der Waals surface area contributed by atoms with Gasteiger partial charge in [0.05, 0.1) is 20.7 Å². The average molecular weight is 497 g/mol. The van der Waals surface area contributed by atoms with Crippen molar-refractivity contribution in [3.05, 3.63) is 55.6 Å². The monoisotopic (exact) mass is 496 g/mol. The van der Waals surface area contributed by atoms with Crippen LogP contribution in [0.4, 0.5) is 5.82 Å². The summed E-state index contributed by atoms with van der Waals surface area (Å²) in [4.78, 5) is 36.0. The number of thiophene rings is 2. The van der Waals surface area contributed by atoms with E-state index in [1.807, 2.05) is 22.9 Å². The topological polar surface area (TPSA) is 76.9 Å². The number of nitrogens with one attached hydrogen (secondary N) is 1. The minimum absolute atomic E-state index is 0.137. The number of carbonyl (C=O) groups excluding carboxylic acids is 1. The molecule has 0 saturated heterocycles. The van der Waals surface area contributed by atoms with Crippen molar-refractivity contribution >= 4 is 79.6 Å². The lowest BCUT2D eigenvalue weighted by molar-refractivity contribution is -0.115. The summed E-state index contributed by atoms with van der Waals surface area (Å²) in [6.45, 7) is 1.73. The van der Waals surface area contributed by atoms with E-state index in [9.17, 15) is 9.59 Å². The van der Waals surface area contributed by atoms with Crippen molar-refractivity contribution in [1.82, 2.24) is 14.5 Å². The van der Waals surface area contributed by atoms with Crippen molar-refractivity contribution in [2.75, 3.05) is 5.32 Å². The second-order valence-corrected chi connectivity index (χ2v) is 10.3. The number of nitrogens with zero attached hydrogens (tertiary/aromatic N) is 3. The van der Waals surface area contributed by atoms with Crippen LogP contribution in [0.15, 0.2) is 45.1 Å². The summed E-state index contributed by atoms with van der Waals surface area (Å²) < 4.78 is 1.48. The van der Waals surface area contributed by atoms with Crippen LogP contribution in [0.5, 0.6) is 0 Å². The molecule has 1 unspecified atom stereocenters. The Morgan fingerprint density at radius 3 is 2.83 bits per heavy atom. The third-order valence-electron chi connectivity index (χ3n) is 4.26. The molecule has 4 rings (SSSR count). The van der Waals surface area contributed by atoms with Crippen LogP contribution >= 0.6 is 57.6 Å². The van der Waals surface area contributed by atoms with Gasteiger partial charge in [-0.1, -0.05) is 41.0 Å². The maximum absolute atomic E-state index is 13.0. The lowest BCUT2D eigenvalue weighted by Crippen LogP contribution is -2.26. The molecule has 154 valence electrons. The van der Waals surface area contributed by atoms with Gasteiger partial charge in [0, 0.05) is 29.1 Å². The molecule has 4 aromatic rings. The normalized spacial score (nSPS) is 12.3. The molecule has 0 fully saturated rings. The molecule has 6 nitrogen and oxygen atoms in total. The highest BCUT2D eigenvalue weighted by Crippen LogP contribution is 2.35. The van der Waals surface area contributed by atoms with E-state index in [0.717, 1.165) is 10.4 Å². The van der Waals surface area contributed by atoms with E-state index >= 15 is 0 Å². The molecule has 11 heteroatoms. The maximum atomic E-state index is 13.0. The molecule has 0 aliphatic heterocycles. The number of anilines is 1. The second-order valence-electron chi connectivity index (χ2n) is 6.30. The molecule has 0 spiro atoms. The Balaban J connectivity index is 1.60. The predicted molar refractivity (Wildman–Crippen MR) is 126 cm³/mol. The van der Waals surface area contributed by atoms with Crippen molar-refractivity contribution in [1.29, 1.82) is 0 Å². The van der Waals surface area contributed by atoms with E-state index in [2.05, 4.69) is 15.3 Å². The van der Waals surface area contributed by atoms with Crippen LogP contribution in [0.2, 0.25) is 10.0 Å². The van der Waals surface area contributed by atoms with Crippen molar-refractivity contribution in [2.24, 2.45) is 7.05 Å². The Labute approximate surface area is 193 Å². The van der Waals surface area contributed by atoms with Crippen LogP contribution in [0, 0.1) is 0 Å². The summed E-state index contributed by atoms with van der Waals surface area (Å²) in [5.74, 6) is -0.0776. The standard InChI is InChI=1S/C19H14Cl2N4O2S3/c1-9(16(26)23-15-12(21)6-10(20)7-22-15)30-19-24-17-14(18(27)25(19)2)11(8-29-17)13-4-3-5-28-13/h3-9H,1-2H3,(H,22,23,26). The summed E-state index contributed by atoms with van der Waals surface area (Å²) in [5, 5.41) is 7.76. The number of hydrogen-bond donors (Lipinski definition) is 1. The molecule has 1 amide bonds. The zero-order chi connectivity index (χ0) is 21.4. The molecule has 4 heterocycles. The third-order valence-corrected chi connectivity index (χ3v) is 7.68. The van der Waals surface area contributed by atoms with Gasteiger partial charge < -0.3 is 5.32 Å². The minimum atomic E-state index is -0.536. The summed E-state index contributed by atoms with van der Waals surface area (Å²) in [6, 6.07) is 5.44. The maximum Gasteiger partial charge on any atom is 0.263 e. The zero-order valence-corrected chi connectivity index (χ0v) is 19.6. The van der Waals surface area contributed by atoms with E-state index in [0.29, 0.717) is 20.4 Å². The average Bonchev–Trinajstić information content (AvgIpc) is 3.37. The minimum Gasteiger partial charge on any atom is -0.308 e. The van der Waals surface area contributed by atoms with Gasteiger partial charge in [-0.05, 0) is 24.4 Å². The summed E-state index contributed by atoms with van der Waals surface area (Å²) >= 11 is 16.1. The molecule has 0 radical (unpaired) electrons. The molecule has 0 bridgehead atoms. The number of carbonyl (C=O) groups is 1. The first kappa shape index (κ1) is 21.3. The Morgan fingerprint density at radius 1 is 1.33 bits per heavy atom. The number of halogens is 2. The molecule has 0 aliphatic carbocycles. The number of amides is 1. The lowest BCUT2D eigenvalue weighted by atomic mass is 10.2. The zero-order valence-electron chi connectivity index (χ0n) is 15.7. The SMILES string of the molecule is CC(Sc1nc2scc(-c3cccs3)c2c(=O)n1C)C(=O)Nc1ncc(Cl)cc1Cl. The van der Waals surface area contributed by atoms with Gasteiger partial charge in [-0.25, -0.2) is 9.97 Å². The quantitative estimate of drug-likeness (QED) is 0.289. The van der Waals surface area contributed by atoms with Crippen LogP contribution in [0.3, 0.4) is 0 Å². The molecule has 0 saturated carbocycles. The van der Waals surface area contributed by atoms with Crippen molar-refractivity contribution in [3.8, 4) is 10.4 Å². The molecular formula is C19H14Cl2N4O2S3. The van der Waals surface area contributed by atoms with Crippen LogP contribution in [0.1, 0.15) is 6.92 Å². The van der Waals surface area contributed by atoms with Crippen LogP contribution in [-0.2, 0) is 11.8 Å². The second kappa shape index (κ2) is 8.68. The fraction of sp³-hybridized carbons (Fsp3) is 0.158. The Hall–Kier alpha value is -1.91. The van der Waals surface area contributed by atoms with Gasteiger partial charge in [0.25, 0.3) is 5.56 Å². The lowest BCUT2D eigenvalue weighted by Gasteiger charge is -2.14. The molecule has 1 atom stereocenters. The Bertz CT molecular complexity index is 1300. The van der Waals surface area contributed by atoms with E-state index in [4.69, 9.17) is 23.2 Å². The smallest absolute Gasteiger partial charge is 0.263 e. The molecule has 4 aromatic heterocycles. The van der Waals surface area contributed by atoms with E-state index < -0.39 is 5.25 Å². The number of pyridine rings is 1. The number of aromatic nitrogens is 3. The van der Waals surface area contributed by atoms with E-state index in [1.165, 1.54) is 39.9 Å². The highest BCUT2D eigenvalue weighted by Gasteiger charge is 2.21. The number of thioether (sulfide) groups is 1. The first-order valence-corrected chi connectivity index (χ1v) is 12.1. The fourth-order valence-corrected chi connectivity index (χ4v) is 5.81. The van der Waals surface area contributed by atoms with Gasteiger partial charge in [0.2, 0.25) is 5.91 Å². The number of fused-ring (bicyclic) bond motifs is 1. The molecule has 0 aromatic carbocycles. The molecule has 1 N–H and O–H groups in total. The van der Waals surface area contributed by atoms with Gasteiger partial charge in [-0.15, -0.1) is 22.7 Å². The summed E-state index contributed by atoms with van der Waals surface area (Å²) in [5.41, 5.74) is 0.756. The highest BCUT2D eigenvalue weighted by molar-refractivity contribution is 8.00. The molecule has 30 heavy (non-hydrogen) atoms. The largest absolute Gasteiger partial charge is 0.308 e. The van der Waals surface area contributed by atoms with Crippen molar-refractivity contribution < 1.29 is 4.79 Å². The van der Waals surface area contributed by atoms with Gasteiger partial charge >= 0.3 is 0 Å².